The second-order valence-electron chi connectivity index (χ2n) is 7.14. The van der Waals surface area contributed by atoms with Crippen LogP contribution in [0, 0.1) is 5.92 Å². The molecule has 0 atom stereocenters. The minimum absolute atomic E-state index is 0.0293. The Morgan fingerprint density at radius 2 is 2.05 bits per heavy atom. The first-order valence-electron chi connectivity index (χ1n) is 7.47. The lowest BCUT2D eigenvalue weighted by Gasteiger charge is -2.37. The maximum absolute atomic E-state index is 12.1. The summed E-state index contributed by atoms with van der Waals surface area (Å²) in [5.41, 5.74) is 0.0313. The van der Waals surface area contributed by atoms with Crippen molar-refractivity contribution < 1.29 is 14.3 Å². The molecule has 1 fully saturated rings. The van der Waals surface area contributed by atoms with Crippen LogP contribution >= 0.6 is 0 Å². The molecule has 1 aromatic heterocycles. The van der Waals surface area contributed by atoms with E-state index in [4.69, 9.17) is 4.74 Å². The van der Waals surface area contributed by atoms with Crippen molar-refractivity contribution >= 4 is 12.3 Å². The van der Waals surface area contributed by atoms with Gasteiger partial charge in [-0.3, -0.25) is 14.3 Å². The zero-order chi connectivity index (χ0) is 15.7. The molecule has 1 aromatic rings. The van der Waals surface area contributed by atoms with Crippen LogP contribution in [0.25, 0.3) is 0 Å². The Labute approximate surface area is 125 Å². The zero-order valence-electron chi connectivity index (χ0n) is 13.3. The molecule has 0 bridgehead atoms. The molecule has 0 unspecified atom stereocenters. The summed E-state index contributed by atoms with van der Waals surface area (Å²) < 4.78 is 7.33. The molecule has 0 radical (unpaired) electrons. The van der Waals surface area contributed by atoms with Gasteiger partial charge in [0.15, 0.2) is 6.29 Å². The number of hydrogen-bond donors (Lipinski definition) is 0. The van der Waals surface area contributed by atoms with Crippen molar-refractivity contribution in [2.24, 2.45) is 5.92 Å². The Morgan fingerprint density at radius 3 is 2.52 bits per heavy atom. The van der Waals surface area contributed by atoms with E-state index in [0.29, 0.717) is 5.56 Å². The minimum atomic E-state index is -0.432. The SMILES string of the molecule is CC(C)(C)OC(=O)C1CCC(C)(n2cc(C=O)cn2)CC1. The fourth-order valence-electron chi connectivity index (χ4n) is 2.78. The van der Waals surface area contributed by atoms with E-state index < -0.39 is 5.60 Å². The Bertz CT molecular complexity index is 520. The molecule has 1 heterocycles. The summed E-state index contributed by atoms with van der Waals surface area (Å²) in [6.07, 6.45) is 7.47. The Hall–Kier alpha value is -1.65. The number of aromatic nitrogens is 2. The molecule has 1 aliphatic rings. The summed E-state index contributed by atoms with van der Waals surface area (Å²) in [5, 5.41) is 4.28. The molecule has 0 spiro atoms. The highest BCUT2D eigenvalue weighted by Crippen LogP contribution is 2.38. The molecule has 5 heteroatoms. The van der Waals surface area contributed by atoms with E-state index in [1.807, 2.05) is 25.5 Å². The molecule has 1 aliphatic carbocycles. The number of carbonyl (C=O) groups excluding carboxylic acids is 2. The Morgan fingerprint density at radius 1 is 1.43 bits per heavy atom. The van der Waals surface area contributed by atoms with E-state index >= 15 is 0 Å². The quantitative estimate of drug-likeness (QED) is 0.635. The van der Waals surface area contributed by atoms with E-state index in [1.54, 1.807) is 12.4 Å². The highest BCUT2D eigenvalue weighted by molar-refractivity contribution is 5.73. The van der Waals surface area contributed by atoms with Gasteiger partial charge in [0.05, 0.1) is 23.2 Å². The van der Waals surface area contributed by atoms with Crippen LogP contribution in [0.1, 0.15) is 63.7 Å². The number of rotatable bonds is 3. The van der Waals surface area contributed by atoms with Gasteiger partial charge in [-0.1, -0.05) is 0 Å². The first-order valence-corrected chi connectivity index (χ1v) is 7.47. The molecule has 0 saturated heterocycles. The summed E-state index contributed by atoms with van der Waals surface area (Å²) in [7, 11) is 0. The molecule has 21 heavy (non-hydrogen) atoms. The highest BCUT2D eigenvalue weighted by atomic mass is 16.6. The van der Waals surface area contributed by atoms with Crippen LogP contribution in [0.3, 0.4) is 0 Å². The molecule has 0 aliphatic heterocycles. The number of carbonyl (C=O) groups is 2. The predicted molar refractivity (Wildman–Crippen MR) is 79.1 cm³/mol. The molecule has 0 amide bonds. The molecule has 0 aromatic carbocycles. The third-order valence-electron chi connectivity index (χ3n) is 4.09. The van der Waals surface area contributed by atoms with Gasteiger partial charge < -0.3 is 4.74 Å². The van der Waals surface area contributed by atoms with Gasteiger partial charge >= 0.3 is 5.97 Å². The summed E-state index contributed by atoms with van der Waals surface area (Å²) in [6.45, 7) is 7.80. The van der Waals surface area contributed by atoms with Crippen LogP contribution in [0.2, 0.25) is 0 Å². The zero-order valence-corrected chi connectivity index (χ0v) is 13.3. The maximum atomic E-state index is 12.1. The fraction of sp³-hybridized carbons (Fsp3) is 0.688. The molecule has 1 saturated carbocycles. The van der Waals surface area contributed by atoms with E-state index in [2.05, 4.69) is 12.0 Å². The van der Waals surface area contributed by atoms with Gasteiger partial charge in [0.25, 0.3) is 0 Å². The van der Waals surface area contributed by atoms with E-state index in [1.165, 1.54) is 0 Å². The van der Waals surface area contributed by atoms with Crippen molar-refractivity contribution in [2.45, 2.75) is 64.5 Å². The van der Waals surface area contributed by atoms with Gasteiger partial charge in [-0.05, 0) is 53.4 Å². The van der Waals surface area contributed by atoms with Gasteiger partial charge in [0.1, 0.15) is 5.60 Å². The van der Waals surface area contributed by atoms with Crippen LogP contribution in [0.4, 0.5) is 0 Å². The summed E-state index contributed by atoms with van der Waals surface area (Å²) in [4.78, 5) is 22.9. The van der Waals surface area contributed by atoms with Crippen molar-refractivity contribution in [3.8, 4) is 0 Å². The smallest absolute Gasteiger partial charge is 0.309 e. The van der Waals surface area contributed by atoms with Gasteiger partial charge in [0, 0.05) is 6.20 Å². The number of esters is 1. The van der Waals surface area contributed by atoms with Crippen molar-refractivity contribution in [1.29, 1.82) is 0 Å². The highest BCUT2D eigenvalue weighted by Gasteiger charge is 2.37. The first-order chi connectivity index (χ1) is 9.73. The number of aldehydes is 1. The predicted octanol–water partition coefficient (Wildman–Crippen LogP) is 2.94. The summed E-state index contributed by atoms with van der Waals surface area (Å²) >= 11 is 0. The maximum Gasteiger partial charge on any atom is 0.309 e. The van der Waals surface area contributed by atoms with E-state index in [-0.39, 0.29) is 17.4 Å². The largest absolute Gasteiger partial charge is 0.460 e. The lowest BCUT2D eigenvalue weighted by Crippen LogP contribution is -2.38. The lowest BCUT2D eigenvalue weighted by atomic mass is 9.77. The van der Waals surface area contributed by atoms with Gasteiger partial charge in [-0.25, -0.2) is 0 Å². The fourth-order valence-corrected chi connectivity index (χ4v) is 2.78. The third kappa shape index (κ3) is 3.71. The van der Waals surface area contributed by atoms with Gasteiger partial charge in [0.2, 0.25) is 0 Å². The molecule has 0 N–H and O–H groups in total. The van der Waals surface area contributed by atoms with Crippen LogP contribution in [-0.2, 0) is 15.1 Å². The van der Waals surface area contributed by atoms with Crippen molar-refractivity contribution in [2.75, 3.05) is 0 Å². The third-order valence-corrected chi connectivity index (χ3v) is 4.09. The summed E-state index contributed by atoms with van der Waals surface area (Å²) in [6, 6.07) is 0. The first kappa shape index (κ1) is 15.7. The van der Waals surface area contributed by atoms with Crippen LogP contribution < -0.4 is 0 Å². The molecule has 116 valence electrons. The van der Waals surface area contributed by atoms with Crippen molar-refractivity contribution in [3.05, 3.63) is 18.0 Å². The van der Waals surface area contributed by atoms with E-state index in [0.717, 1.165) is 32.0 Å². The second kappa shape index (κ2) is 5.62. The van der Waals surface area contributed by atoms with Crippen LogP contribution in [0.5, 0.6) is 0 Å². The number of nitrogens with zero attached hydrogens (tertiary/aromatic N) is 2. The summed E-state index contributed by atoms with van der Waals surface area (Å²) in [5.74, 6) is -0.128. The average Bonchev–Trinajstić information content (AvgIpc) is 2.87. The lowest BCUT2D eigenvalue weighted by molar-refractivity contribution is -0.161. The molecular formula is C16H24N2O3. The monoisotopic (exact) mass is 292 g/mol. The standard InChI is InChI=1S/C16H24N2O3/c1-15(2,3)21-14(20)13-5-7-16(4,8-6-13)18-10-12(11-19)9-17-18/h9-11,13H,5-8H2,1-4H3. The Kier molecular flexibility index (Phi) is 4.21. The van der Waals surface area contributed by atoms with Crippen molar-refractivity contribution in [3.63, 3.8) is 0 Å². The topological polar surface area (TPSA) is 61.2 Å². The van der Waals surface area contributed by atoms with Crippen LogP contribution in [-0.4, -0.2) is 27.6 Å². The number of hydrogen-bond acceptors (Lipinski definition) is 4. The normalized spacial score (nSPS) is 26.4. The second-order valence-corrected chi connectivity index (χ2v) is 7.14. The van der Waals surface area contributed by atoms with E-state index in [9.17, 15) is 9.59 Å². The molecular weight excluding hydrogens is 268 g/mol. The number of ether oxygens (including phenoxy) is 1. The van der Waals surface area contributed by atoms with Crippen molar-refractivity contribution in [1.82, 2.24) is 9.78 Å². The van der Waals surface area contributed by atoms with Crippen LogP contribution in [0.15, 0.2) is 12.4 Å². The average molecular weight is 292 g/mol. The molecule has 2 rings (SSSR count). The van der Waals surface area contributed by atoms with Gasteiger partial charge in [-0.15, -0.1) is 0 Å². The minimum Gasteiger partial charge on any atom is -0.460 e. The Balaban J connectivity index is 1.99. The van der Waals surface area contributed by atoms with Gasteiger partial charge in [-0.2, -0.15) is 5.10 Å². The molecule has 5 nitrogen and oxygen atoms in total.